The van der Waals surface area contributed by atoms with E-state index < -0.39 is 0 Å². The Hall–Kier alpha value is -2.53. The van der Waals surface area contributed by atoms with E-state index in [1.165, 1.54) is 23.0 Å². The van der Waals surface area contributed by atoms with Crippen LogP contribution in [0.1, 0.15) is 26.7 Å². The Balaban J connectivity index is 1.49. The van der Waals surface area contributed by atoms with Crippen molar-refractivity contribution in [1.29, 1.82) is 0 Å². The highest BCUT2D eigenvalue weighted by Crippen LogP contribution is 2.23. The molecular formula is C20H19FN2OS. The Morgan fingerprint density at radius 2 is 1.92 bits per heavy atom. The van der Waals surface area contributed by atoms with E-state index in [1.807, 2.05) is 37.3 Å². The third-order valence-corrected chi connectivity index (χ3v) is 4.79. The fourth-order valence-electron chi connectivity index (χ4n) is 2.58. The zero-order valence-corrected chi connectivity index (χ0v) is 14.8. The number of thiazole rings is 1. The number of nitrogens with one attached hydrogen (secondary N) is 1. The molecule has 0 bridgehead atoms. The van der Waals surface area contributed by atoms with Gasteiger partial charge in [0.2, 0.25) is 0 Å². The summed E-state index contributed by atoms with van der Waals surface area (Å²) >= 11 is 1.40. The van der Waals surface area contributed by atoms with E-state index in [1.54, 1.807) is 18.3 Å². The van der Waals surface area contributed by atoms with E-state index in [-0.39, 0.29) is 11.7 Å². The quantitative estimate of drug-likeness (QED) is 0.656. The third kappa shape index (κ3) is 4.51. The van der Waals surface area contributed by atoms with Crippen LogP contribution in [0.5, 0.6) is 0 Å². The van der Waals surface area contributed by atoms with Gasteiger partial charge in [-0.2, -0.15) is 0 Å². The van der Waals surface area contributed by atoms with Gasteiger partial charge in [0.1, 0.15) is 5.82 Å². The molecule has 3 rings (SSSR count). The lowest BCUT2D eigenvalue weighted by Gasteiger charge is -2.06. The molecule has 128 valence electrons. The zero-order chi connectivity index (χ0) is 17.6. The average Bonchev–Trinajstić information content (AvgIpc) is 3.06. The highest BCUT2D eigenvalue weighted by Gasteiger charge is 2.08. The Morgan fingerprint density at radius 1 is 1.16 bits per heavy atom. The molecule has 3 nitrogen and oxygen atoms in total. The smallest absolute Gasteiger partial charge is 0.280 e. The molecule has 3 aromatic rings. The molecule has 0 atom stereocenters. The first-order valence-corrected chi connectivity index (χ1v) is 8.99. The number of hydrogen-bond donors (Lipinski definition) is 1. The molecule has 0 saturated carbocycles. The summed E-state index contributed by atoms with van der Waals surface area (Å²) in [5, 5.41) is 3.39. The van der Waals surface area contributed by atoms with Crippen molar-refractivity contribution < 1.29 is 9.18 Å². The van der Waals surface area contributed by atoms with E-state index in [0.29, 0.717) is 17.1 Å². The molecule has 2 aromatic carbocycles. The molecule has 0 fully saturated rings. The average molecular weight is 354 g/mol. The van der Waals surface area contributed by atoms with Crippen LogP contribution in [0.15, 0.2) is 54.7 Å². The van der Waals surface area contributed by atoms with Crippen molar-refractivity contribution in [3.63, 3.8) is 0 Å². The Morgan fingerprint density at radius 3 is 2.60 bits per heavy atom. The first-order valence-electron chi connectivity index (χ1n) is 8.18. The monoisotopic (exact) mass is 354 g/mol. The summed E-state index contributed by atoms with van der Waals surface area (Å²) in [4.78, 5) is 17.0. The van der Waals surface area contributed by atoms with Crippen molar-refractivity contribution in [2.24, 2.45) is 0 Å². The highest BCUT2D eigenvalue weighted by molar-refractivity contribution is 7.13. The van der Waals surface area contributed by atoms with Gasteiger partial charge in [0.25, 0.3) is 5.91 Å². The molecule has 0 aliphatic rings. The predicted octanol–water partition coefficient (Wildman–Crippen LogP) is 4.62. The van der Waals surface area contributed by atoms with Gasteiger partial charge in [0.15, 0.2) is 5.01 Å². The third-order valence-electron chi connectivity index (χ3n) is 3.88. The van der Waals surface area contributed by atoms with Gasteiger partial charge < -0.3 is 5.32 Å². The summed E-state index contributed by atoms with van der Waals surface area (Å²) in [6.45, 7) is 2.53. The topological polar surface area (TPSA) is 42.0 Å². The van der Waals surface area contributed by atoms with Crippen LogP contribution in [0, 0.1) is 12.7 Å². The van der Waals surface area contributed by atoms with Gasteiger partial charge in [-0.1, -0.05) is 42.5 Å². The number of hydrogen-bond acceptors (Lipinski definition) is 3. The van der Waals surface area contributed by atoms with Crippen LogP contribution >= 0.6 is 11.3 Å². The standard InChI is InChI=1S/C20H19FN2OS/c1-14-13-23-20(25-14)19(24)22-12-4-5-15-8-10-16(11-9-15)17-6-2-3-7-18(17)21/h2-3,6-11,13H,4-5,12H2,1H3,(H,22,24). The molecule has 25 heavy (non-hydrogen) atoms. The van der Waals surface area contributed by atoms with Crippen molar-refractivity contribution in [2.45, 2.75) is 19.8 Å². The van der Waals surface area contributed by atoms with Gasteiger partial charge in [-0.05, 0) is 37.0 Å². The van der Waals surface area contributed by atoms with Crippen LogP contribution in [0.3, 0.4) is 0 Å². The van der Waals surface area contributed by atoms with Gasteiger partial charge in [0.05, 0.1) is 0 Å². The summed E-state index contributed by atoms with van der Waals surface area (Å²) in [7, 11) is 0. The van der Waals surface area contributed by atoms with Crippen LogP contribution in [-0.4, -0.2) is 17.4 Å². The molecular weight excluding hydrogens is 335 g/mol. The molecule has 1 heterocycles. The fourth-order valence-corrected chi connectivity index (χ4v) is 3.26. The second-order valence-electron chi connectivity index (χ2n) is 5.81. The van der Waals surface area contributed by atoms with Crippen molar-refractivity contribution in [1.82, 2.24) is 10.3 Å². The van der Waals surface area contributed by atoms with Crippen molar-refractivity contribution in [3.8, 4) is 11.1 Å². The second-order valence-corrected chi connectivity index (χ2v) is 7.05. The molecule has 0 aliphatic heterocycles. The number of carbonyl (C=O) groups excluding carboxylic acids is 1. The number of amides is 1. The van der Waals surface area contributed by atoms with Crippen molar-refractivity contribution >= 4 is 17.2 Å². The molecule has 0 saturated heterocycles. The molecule has 5 heteroatoms. The Bertz CT molecular complexity index is 858. The largest absolute Gasteiger partial charge is 0.350 e. The molecule has 0 unspecified atom stereocenters. The lowest BCUT2D eigenvalue weighted by Crippen LogP contribution is -2.24. The lowest BCUT2D eigenvalue weighted by molar-refractivity contribution is 0.0953. The Kier molecular flexibility index (Phi) is 5.56. The number of rotatable bonds is 6. The first kappa shape index (κ1) is 17.3. The van der Waals surface area contributed by atoms with Gasteiger partial charge in [0, 0.05) is 23.2 Å². The van der Waals surface area contributed by atoms with Crippen molar-refractivity contribution in [2.75, 3.05) is 6.54 Å². The van der Waals surface area contributed by atoms with Crippen LogP contribution in [0.2, 0.25) is 0 Å². The van der Waals surface area contributed by atoms with Crippen LogP contribution < -0.4 is 5.32 Å². The summed E-state index contributed by atoms with van der Waals surface area (Å²) in [5.74, 6) is -0.330. The Labute approximate surface area is 150 Å². The number of carbonyl (C=O) groups is 1. The zero-order valence-electron chi connectivity index (χ0n) is 14.0. The predicted molar refractivity (Wildman–Crippen MR) is 99.3 cm³/mol. The minimum Gasteiger partial charge on any atom is -0.350 e. The van der Waals surface area contributed by atoms with Crippen LogP contribution in [0.4, 0.5) is 4.39 Å². The molecule has 1 N–H and O–H groups in total. The minimum atomic E-state index is -0.213. The van der Waals surface area contributed by atoms with E-state index in [4.69, 9.17) is 0 Å². The van der Waals surface area contributed by atoms with E-state index in [2.05, 4.69) is 10.3 Å². The van der Waals surface area contributed by atoms with Gasteiger partial charge in [-0.15, -0.1) is 11.3 Å². The summed E-state index contributed by atoms with van der Waals surface area (Å²) in [6.07, 6.45) is 3.40. The SMILES string of the molecule is Cc1cnc(C(=O)NCCCc2ccc(-c3ccccc3F)cc2)s1. The maximum atomic E-state index is 13.8. The first-order chi connectivity index (χ1) is 12.1. The number of aromatic nitrogens is 1. The number of halogens is 1. The lowest BCUT2D eigenvalue weighted by atomic mass is 10.0. The van der Waals surface area contributed by atoms with Gasteiger partial charge in [-0.25, -0.2) is 9.37 Å². The highest BCUT2D eigenvalue weighted by atomic mass is 32.1. The second kappa shape index (κ2) is 8.03. The maximum absolute atomic E-state index is 13.8. The number of benzene rings is 2. The minimum absolute atomic E-state index is 0.118. The van der Waals surface area contributed by atoms with Crippen LogP contribution in [0.25, 0.3) is 11.1 Å². The van der Waals surface area contributed by atoms with E-state index in [0.717, 1.165) is 23.3 Å². The number of nitrogens with zero attached hydrogens (tertiary/aromatic N) is 1. The summed E-state index contributed by atoms with van der Waals surface area (Å²) in [6, 6.07) is 14.7. The summed E-state index contributed by atoms with van der Waals surface area (Å²) < 4.78 is 13.8. The fraction of sp³-hybridized carbons (Fsp3) is 0.200. The van der Waals surface area contributed by atoms with E-state index >= 15 is 0 Å². The van der Waals surface area contributed by atoms with Crippen molar-refractivity contribution in [3.05, 3.63) is 76.0 Å². The summed E-state index contributed by atoms with van der Waals surface area (Å²) in [5.41, 5.74) is 2.65. The van der Waals surface area contributed by atoms with E-state index in [9.17, 15) is 9.18 Å². The number of aryl methyl sites for hydroxylation is 2. The van der Waals surface area contributed by atoms with Crippen LogP contribution in [-0.2, 0) is 6.42 Å². The molecule has 1 aromatic heterocycles. The maximum Gasteiger partial charge on any atom is 0.280 e. The normalized spacial score (nSPS) is 10.6. The molecule has 0 aliphatic carbocycles. The van der Waals surface area contributed by atoms with Gasteiger partial charge >= 0.3 is 0 Å². The molecule has 0 radical (unpaired) electrons. The molecule has 1 amide bonds. The molecule has 0 spiro atoms. The van der Waals surface area contributed by atoms with Gasteiger partial charge in [-0.3, -0.25) is 4.79 Å².